The Labute approximate surface area is 563 Å². The molecule has 0 fully saturated rings. The van der Waals surface area contributed by atoms with Crippen LogP contribution in [-0.4, -0.2) is 49.3 Å². The predicted octanol–water partition coefficient (Wildman–Crippen LogP) is 25.9. The Morgan fingerprint density at radius 1 is 0.341 bits per heavy atom. The minimum absolute atomic E-state index is 0.0518. The predicted molar refractivity (Wildman–Crippen MR) is 395 cm³/mol. The van der Waals surface area contributed by atoms with Gasteiger partial charge in [-0.2, -0.15) is 0 Å². The van der Waals surface area contributed by atoms with Crippen molar-refractivity contribution in [1.29, 1.82) is 0 Å². The van der Waals surface area contributed by atoms with E-state index in [1.807, 2.05) is 0 Å². The second kappa shape index (κ2) is 76.0. The summed E-state index contributed by atoms with van der Waals surface area (Å²) in [6.45, 7) is 3.68. The highest BCUT2D eigenvalue weighted by molar-refractivity contribution is 7.47. The molecule has 0 amide bonds. The number of carbonyl (C=O) groups excluding carboxylic acids is 2. The quantitative estimate of drug-likeness (QED) is 0.0264. The lowest BCUT2D eigenvalue weighted by Gasteiger charge is -2.19. The minimum atomic E-state index is -4.40. The van der Waals surface area contributed by atoms with Crippen LogP contribution in [0.1, 0.15) is 373 Å². The Hall–Kier alpha value is -3.07. The third-order valence-corrected chi connectivity index (χ3v) is 17.9. The molecule has 0 aliphatic rings. The molecule has 3 N–H and O–H groups in total. The standard InChI is InChI=1S/C81H146NO8P/c1-3-5-7-9-11-13-15-17-19-21-23-25-27-29-31-33-35-37-39-41-43-45-47-49-51-53-55-57-59-61-63-65-67-69-71-73-80(83)87-77-79(78-89-91(85,86)88-76-75-82)90-81(84)74-72-70-68-66-64-62-60-58-56-54-52-50-48-46-44-42-40-38-36-34-32-30-28-26-24-22-20-18-16-14-12-10-8-6-4-2/h6,8,12,14,18,20-21,23-24,26,30,32,36,38,42,44,79H,3-5,7,9-11,13,15-17,19,22,25,27-29,31,33-35,37,39-41,43,45-78,82H2,1-2H3,(H,85,86)/b8-6-,14-12-,20-18-,23-21-,26-24-,32-30-,38-36-,44-42-. The SMILES string of the molecule is CC/C=C\C/C=C\C/C=C\C/C=C\C/C=C\C/C=C\C/C=C\CCCCCCCCCCCCCCCC(=O)OC(COC(=O)CCCCCCCCCCCCCCCCCCCCCCCCC/C=C\CCCCCCCCCC)COP(=O)(O)OCCN. The zero-order valence-electron chi connectivity index (χ0n) is 59.6. The van der Waals surface area contributed by atoms with Crippen molar-refractivity contribution >= 4 is 19.8 Å². The van der Waals surface area contributed by atoms with E-state index in [9.17, 15) is 19.0 Å². The van der Waals surface area contributed by atoms with E-state index in [0.717, 1.165) is 83.5 Å². The number of ether oxygens (including phenoxy) is 2. The van der Waals surface area contributed by atoms with Gasteiger partial charge in [0.1, 0.15) is 6.61 Å². The summed E-state index contributed by atoms with van der Waals surface area (Å²) in [5, 5.41) is 0. The van der Waals surface area contributed by atoms with Gasteiger partial charge in [-0.1, -0.05) is 361 Å². The second-order valence-corrected chi connectivity index (χ2v) is 27.3. The average molecular weight is 1290 g/mol. The number of allylic oxidation sites excluding steroid dienone is 16. The minimum Gasteiger partial charge on any atom is -0.462 e. The summed E-state index contributed by atoms with van der Waals surface area (Å²) in [5.74, 6) is -0.815. The summed E-state index contributed by atoms with van der Waals surface area (Å²) >= 11 is 0. The summed E-state index contributed by atoms with van der Waals surface area (Å²) in [4.78, 5) is 35.4. The number of phosphoric ester groups is 1. The van der Waals surface area contributed by atoms with Gasteiger partial charge < -0.3 is 20.1 Å². The highest BCUT2D eigenvalue weighted by atomic mass is 31.2. The lowest BCUT2D eigenvalue weighted by atomic mass is 10.0. The van der Waals surface area contributed by atoms with Crippen LogP contribution < -0.4 is 5.73 Å². The van der Waals surface area contributed by atoms with Crippen molar-refractivity contribution in [3.8, 4) is 0 Å². The molecule has 2 unspecified atom stereocenters. The number of rotatable bonds is 73. The van der Waals surface area contributed by atoms with Crippen LogP contribution in [0.15, 0.2) is 97.2 Å². The van der Waals surface area contributed by atoms with Crippen LogP contribution >= 0.6 is 7.82 Å². The summed E-state index contributed by atoms with van der Waals surface area (Å²) in [6, 6.07) is 0. The number of hydrogen-bond donors (Lipinski definition) is 2. The summed E-state index contributed by atoms with van der Waals surface area (Å²) in [5.41, 5.74) is 5.41. The first-order valence-electron chi connectivity index (χ1n) is 38.7. The molecule has 0 aromatic rings. The Morgan fingerprint density at radius 3 is 0.912 bits per heavy atom. The van der Waals surface area contributed by atoms with Gasteiger partial charge in [0.2, 0.25) is 0 Å². The highest BCUT2D eigenvalue weighted by Crippen LogP contribution is 2.43. The number of phosphoric acid groups is 1. The Kier molecular flexibility index (Phi) is 73.4. The molecule has 0 spiro atoms. The van der Waals surface area contributed by atoms with E-state index >= 15 is 0 Å². The maximum atomic E-state index is 12.8. The molecule has 91 heavy (non-hydrogen) atoms. The van der Waals surface area contributed by atoms with Crippen LogP contribution in [0.3, 0.4) is 0 Å². The fraction of sp³-hybridized carbons (Fsp3) is 0.778. The molecular weight excluding hydrogens is 1150 g/mol. The highest BCUT2D eigenvalue weighted by Gasteiger charge is 2.26. The van der Waals surface area contributed by atoms with Gasteiger partial charge in [0.25, 0.3) is 0 Å². The molecule has 0 aromatic carbocycles. The van der Waals surface area contributed by atoms with Gasteiger partial charge in [-0.25, -0.2) is 4.57 Å². The van der Waals surface area contributed by atoms with Gasteiger partial charge in [0.15, 0.2) is 6.10 Å². The molecule has 0 heterocycles. The van der Waals surface area contributed by atoms with Crippen LogP contribution in [0.2, 0.25) is 0 Å². The van der Waals surface area contributed by atoms with Crippen LogP contribution in [0, 0.1) is 0 Å². The van der Waals surface area contributed by atoms with Crippen molar-refractivity contribution in [2.45, 2.75) is 380 Å². The van der Waals surface area contributed by atoms with Gasteiger partial charge in [0.05, 0.1) is 13.2 Å². The number of carbonyl (C=O) groups is 2. The summed E-state index contributed by atoms with van der Waals surface area (Å²) in [7, 11) is -4.40. The molecule has 0 radical (unpaired) electrons. The van der Waals surface area contributed by atoms with Crippen LogP contribution in [-0.2, 0) is 32.7 Å². The normalized spacial score (nSPS) is 13.4. The number of esters is 2. The summed E-state index contributed by atoms with van der Waals surface area (Å²) < 4.78 is 33.3. The van der Waals surface area contributed by atoms with Crippen molar-refractivity contribution in [3.63, 3.8) is 0 Å². The van der Waals surface area contributed by atoms with E-state index in [4.69, 9.17) is 24.3 Å². The maximum Gasteiger partial charge on any atom is 0.472 e. The van der Waals surface area contributed by atoms with Crippen molar-refractivity contribution in [2.24, 2.45) is 5.73 Å². The van der Waals surface area contributed by atoms with Crippen molar-refractivity contribution < 1.29 is 37.6 Å². The van der Waals surface area contributed by atoms with Crippen molar-refractivity contribution in [1.82, 2.24) is 0 Å². The Bertz CT molecular complexity index is 1820. The third kappa shape index (κ3) is 75.8. The van der Waals surface area contributed by atoms with E-state index in [1.165, 1.54) is 257 Å². The van der Waals surface area contributed by atoms with E-state index < -0.39 is 26.5 Å². The number of unbranched alkanes of at least 4 members (excludes halogenated alkanes) is 44. The first-order chi connectivity index (χ1) is 44.8. The number of hydrogen-bond acceptors (Lipinski definition) is 8. The molecule has 0 saturated heterocycles. The molecule has 528 valence electrons. The lowest BCUT2D eigenvalue weighted by Crippen LogP contribution is -2.29. The second-order valence-electron chi connectivity index (χ2n) is 25.8. The molecule has 0 aromatic heterocycles. The molecule has 10 heteroatoms. The Balaban J connectivity index is 3.82. The zero-order valence-corrected chi connectivity index (χ0v) is 60.5. The van der Waals surface area contributed by atoms with E-state index in [-0.39, 0.29) is 38.6 Å². The van der Waals surface area contributed by atoms with E-state index in [1.54, 1.807) is 0 Å². The van der Waals surface area contributed by atoms with Gasteiger partial charge in [-0.05, 0) is 96.3 Å². The van der Waals surface area contributed by atoms with Crippen LogP contribution in [0.4, 0.5) is 0 Å². The van der Waals surface area contributed by atoms with E-state index in [2.05, 4.69) is 111 Å². The summed E-state index contributed by atoms with van der Waals surface area (Å²) in [6.07, 6.45) is 104. The molecule has 0 rings (SSSR count). The number of nitrogens with two attached hydrogens (primary N) is 1. The lowest BCUT2D eigenvalue weighted by molar-refractivity contribution is -0.161. The first kappa shape index (κ1) is 87.9. The third-order valence-electron chi connectivity index (χ3n) is 17.0. The molecule has 0 bridgehead atoms. The first-order valence-corrected chi connectivity index (χ1v) is 40.2. The van der Waals surface area contributed by atoms with Crippen molar-refractivity contribution in [3.05, 3.63) is 97.2 Å². The molecule has 0 aliphatic carbocycles. The molecule has 0 aliphatic heterocycles. The zero-order chi connectivity index (χ0) is 65.8. The Morgan fingerprint density at radius 2 is 0.604 bits per heavy atom. The fourth-order valence-corrected chi connectivity index (χ4v) is 12.0. The molecule has 9 nitrogen and oxygen atoms in total. The fourth-order valence-electron chi connectivity index (χ4n) is 11.3. The van der Waals surface area contributed by atoms with Crippen LogP contribution in [0.5, 0.6) is 0 Å². The topological polar surface area (TPSA) is 134 Å². The maximum absolute atomic E-state index is 12.8. The molecule has 2 atom stereocenters. The largest absolute Gasteiger partial charge is 0.472 e. The van der Waals surface area contributed by atoms with Gasteiger partial charge in [-0.15, -0.1) is 0 Å². The van der Waals surface area contributed by atoms with E-state index in [0.29, 0.717) is 6.42 Å². The smallest absolute Gasteiger partial charge is 0.462 e. The average Bonchev–Trinajstić information content (AvgIpc) is 3.68. The molecular formula is C81H146NO8P. The molecule has 0 saturated carbocycles. The van der Waals surface area contributed by atoms with Gasteiger partial charge >= 0.3 is 19.8 Å². The van der Waals surface area contributed by atoms with Gasteiger partial charge in [0, 0.05) is 19.4 Å². The van der Waals surface area contributed by atoms with Gasteiger partial charge in [-0.3, -0.25) is 18.6 Å². The monoisotopic (exact) mass is 1290 g/mol. The van der Waals surface area contributed by atoms with Crippen LogP contribution in [0.25, 0.3) is 0 Å². The van der Waals surface area contributed by atoms with Crippen molar-refractivity contribution in [2.75, 3.05) is 26.4 Å².